The van der Waals surface area contributed by atoms with Crippen molar-refractivity contribution in [2.45, 2.75) is 19.3 Å². The van der Waals surface area contributed by atoms with Crippen molar-refractivity contribution in [3.63, 3.8) is 0 Å². The minimum absolute atomic E-state index is 0. The Labute approximate surface area is 150 Å². The van der Waals surface area contributed by atoms with Gasteiger partial charge in [-0.15, -0.1) is 24.8 Å². The van der Waals surface area contributed by atoms with Crippen LogP contribution in [0.1, 0.15) is 18.7 Å². The molecular weight excluding hydrogens is 363 g/mol. The lowest BCUT2D eigenvalue weighted by Crippen LogP contribution is -2.26. The molecule has 0 unspecified atom stereocenters. The van der Waals surface area contributed by atoms with Crippen LogP contribution in [0.25, 0.3) is 11.3 Å². The number of carbonyl (C=O) groups is 1. The molecule has 0 atom stereocenters. The molecule has 0 fully saturated rings. The van der Waals surface area contributed by atoms with E-state index >= 15 is 0 Å². The summed E-state index contributed by atoms with van der Waals surface area (Å²) in [5.74, 6) is -0.970. The van der Waals surface area contributed by atoms with E-state index < -0.39 is 11.6 Å². The summed E-state index contributed by atoms with van der Waals surface area (Å²) in [6.45, 7) is 1.06. The first kappa shape index (κ1) is 22.3. The number of benzene rings is 1. The molecular formula is C15H19Cl2F2N3O2. The minimum Gasteiger partial charge on any atom is -0.441 e. The summed E-state index contributed by atoms with van der Waals surface area (Å²) in [6, 6.07) is 3.21. The van der Waals surface area contributed by atoms with Crippen molar-refractivity contribution >= 4 is 30.7 Å². The van der Waals surface area contributed by atoms with Gasteiger partial charge in [-0.1, -0.05) is 0 Å². The average Bonchev–Trinajstić information content (AvgIpc) is 2.94. The van der Waals surface area contributed by atoms with Crippen LogP contribution in [-0.2, 0) is 11.2 Å². The second-order valence-corrected chi connectivity index (χ2v) is 4.73. The van der Waals surface area contributed by atoms with Crippen LogP contribution in [0.4, 0.5) is 8.78 Å². The van der Waals surface area contributed by atoms with E-state index in [1.54, 1.807) is 0 Å². The Hall–Kier alpha value is -1.70. The molecule has 24 heavy (non-hydrogen) atoms. The number of carbonyl (C=O) groups excluding carboxylic acids is 1. The topological polar surface area (TPSA) is 81.1 Å². The molecule has 9 heteroatoms. The maximum atomic E-state index is 13.6. The molecule has 1 amide bonds. The molecule has 0 saturated carbocycles. The molecule has 0 radical (unpaired) electrons. The van der Waals surface area contributed by atoms with E-state index in [1.807, 2.05) is 0 Å². The van der Waals surface area contributed by atoms with Gasteiger partial charge >= 0.3 is 0 Å². The number of amides is 1. The number of nitrogens with one attached hydrogen (secondary N) is 1. The first-order chi connectivity index (χ1) is 10.6. The molecule has 3 N–H and O–H groups in total. The van der Waals surface area contributed by atoms with E-state index in [4.69, 9.17) is 10.2 Å². The van der Waals surface area contributed by atoms with Crippen LogP contribution in [0.2, 0.25) is 0 Å². The van der Waals surface area contributed by atoms with Crippen LogP contribution in [0.15, 0.2) is 28.8 Å². The van der Waals surface area contributed by atoms with Crippen molar-refractivity contribution < 1.29 is 18.0 Å². The highest BCUT2D eigenvalue weighted by atomic mass is 35.5. The maximum absolute atomic E-state index is 13.6. The van der Waals surface area contributed by atoms with E-state index in [-0.39, 0.29) is 48.5 Å². The number of aromatic nitrogens is 1. The summed E-state index contributed by atoms with van der Waals surface area (Å²) in [5.41, 5.74) is 5.46. The number of hydrogen-bond donors (Lipinski definition) is 2. The Morgan fingerprint density at radius 3 is 2.71 bits per heavy atom. The second-order valence-electron chi connectivity index (χ2n) is 4.73. The van der Waals surface area contributed by atoms with Crippen LogP contribution in [0.5, 0.6) is 0 Å². The van der Waals surface area contributed by atoms with Gasteiger partial charge in [0, 0.05) is 25.5 Å². The van der Waals surface area contributed by atoms with Gasteiger partial charge in [-0.05, 0) is 25.1 Å². The maximum Gasteiger partial charge on any atom is 0.220 e. The fourth-order valence-electron chi connectivity index (χ4n) is 1.88. The number of halogens is 4. The molecule has 2 aromatic rings. The second kappa shape index (κ2) is 11.0. The SMILES string of the molecule is Cl.Cl.NCCCNC(=O)CCc1ncc(-c2ccc(F)cc2F)o1. The van der Waals surface area contributed by atoms with Crippen molar-refractivity contribution in [1.29, 1.82) is 0 Å². The lowest BCUT2D eigenvalue weighted by atomic mass is 10.2. The number of nitrogens with zero attached hydrogens (tertiary/aromatic N) is 1. The van der Waals surface area contributed by atoms with Gasteiger partial charge in [-0.3, -0.25) is 4.79 Å². The van der Waals surface area contributed by atoms with E-state index in [0.717, 1.165) is 18.6 Å². The quantitative estimate of drug-likeness (QED) is 0.722. The Morgan fingerprint density at radius 1 is 1.29 bits per heavy atom. The molecule has 1 aromatic carbocycles. The van der Waals surface area contributed by atoms with Crippen LogP contribution in [0.3, 0.4) is 0 Å². The number of aryl methyl sites for hydroxylation is 1. The highest BCUT2D eigenvalue weighted by molar-refractivity contribution is 5.85. The lowest BCUT2D eigenvalue weighted by Gasteiger charge is -2.02. The normalized spacial score (nSPS) is 9.79. The van der Waals surface area contributed by atoms with Gasteiger partial charge in [0.2, 0.25) is 5.91 Å². The van der Waals surface area contributed by atoms with Crippen molar-refractivity contribution in [2.75, 3.05) is 13.1 Å². The van der Waals surface area contributed by atoms with Crippen LogP contribution in [0, 0.1) is 11.6 Å². The zero-order valence-corrected chi connectivity index (χ0v) is 14.4. The summed E-state index contributed by atoms with van der Waals surface area (Å²) < 4.78 is 31.9. The van der Waals surface area contributed by atoms with Gasteiger partial charge in [-0.25, -0.2) is 13.8 Å². The molecule has 0 saturated heterocycles. The van der Waals surface area contributed by atoms with E-state index in [0.29, 0.717) is 25.4 Å². The summed E-state index contributed by atoms with van der Waals surface area (Å²) in [4.78, 5) is 15.5. The minimum atomic E-state index is -0.720. The smallest absolute Gasteiger partial charge is 0.220 e. The van der Waals surface area contributed by atoms with Gasteiger partial charge in [-0.2, -0.15) is 0 Å². The van der Waals surface area contributed by atoms with Crippen LogP contribution >= 0.6 is 24.8 Å². The third kappa shape index (κ3) is 6.43. The average molecular weight is 382 g/mol. The molecule has 0 aliphatic heterocycles. The van der Waals surface area contributed by atoms with Gasteiger partial charge < -0.3 is 15.5 Å². The van der Waals surface area contributed by atoms with Crippen molar-refractivity contribution in [2.24, 2.45) is 5.73 Å². The third-order valence-corrected chi connectivity index (χ3v) is 3.02. The van der Waals surface area contributed by atoms with Gasteiger partial charge in [0.1, 0.15) is 11.6 Å². The van der Waals surface area contributed by atoms with Crippen molar-refractivity contribution in [3.05, 3.63) is 41.9 Å². The van der Waals surface area contributed by atoms with Crippen molar-refractivity contribution in [3.8, 4) is 11.3 Å². The summed E-state index contributed by atoms with van der Waals surface area (Å²) in [7, 11) is 0. The number of oxazole rings is 1. The summed E-state index contributed by atoms with van der Waals surface area (Å²) in [5, 5.41) is 2.72. The zero-order chi connectivity index (χ0) is 15.9. The fourth-order valence-corrected chi connectivity index (χ4v) is 1.88. The third-order valence-electron chi connectivity index (χ3n) is 3.02. The monoisotopic (exact) mass is 381 g/mol. The number of hydrogen-bond acceptors (Lipinski definition) is 4. The molecule has 1 aromatic heterocycles. The predicted octanol–water partition coefficient (Wildman–Crippen LogP) is 2.86. The lowest BCUT2D eigenvalue weighted by molar-refractivity contribution is -0.121. The Kier molecular flexibility index (Phi) is 10.2. The zero-order valence-electron chi connectivity index (χ0n) is 12.8. The Bertz CT molecular complexity index is 653. The molecule has 5 nitrogen and oxygen atoms in total. The van der Waals surface area contributed by atoms with Crippen LogP contribution < -0.4 is 11.1 Å². The highest BCUT2D eigenvalue weighted by Gasteiger charge is 2.12. The van der Waals surface area contributed by atoms with Gasteiger partial charge in [0.05, 0.1) is 11.8 Å². The first-order valence-electron chi connectivity index (χ1n) is 6.97. The van der Waals surface area contributed by atoms with Gasteiger partial charge in [0.15, 0.2) is 11.7 Å². The summed E-state index contributed by atoms with van der Waals surface area (Å²) in [6.07, 6.45) is 2.60. The standard InChI is InChI=1S/C15H17F2N3O2.2ClH/c16-10-2-3-11(12(17)8-10)13-9-20-15(22-13)5-4-14(21)19-7-1-6-18;;/h2-3,8-9H,1,4-7,18H2,(H,19,21);2*1H. The molecule has 0 bridgehead atoms. The molecule has 0 aliphatic rings. The molecule has 1 heterocycles. The van der Waals surface area contributed by atoms with Crippen LogP contribution in [-0.4, -0.2) is 24.0 Å². The van der Waals surface area contributed by atoms with E-state index in [9.17, 15) is 13.6 Å². The highest BCUT2D eigenvalue weighted by Crippen LogP contribution is 2.24. The molecule has 134 valence electrons. The predicted molar refractivity (Wildman–Crippen MR) is 91.4 cm³/mol. The van der Waals surface area contributed by atoms with Crippen molar-refractivity contribution in [1.82, 2.24) is 10.3 Å². The van der Waals surface area contributed by atoms with E-state index in [2.05, 4.69) is 10.3 Å². The van der Waals surface area contributed by atoms with Gasteiger partial charge in [0.25, 0.3) is 0 Å². The number of rotatable bonds is 7. The molecule has 0 aliphatic carbocycles. The van der Waals surface area contributed by atoms with E-state index in [1.165, 1.54) is 12.3 Å². The molecule has 0 spiro atoms. The number of nitrogens with two attached hydrogens (primary N) is 1. The Morgan fingerprint density at radius 2 is 2.04 bits per heavy atom. The first-order valence-corrected chi connectivity index (χ1v) is 6.97. The largest absolute Gasteiger partial charge is 0.441 e. The molecule has 2 rings (SSSR count). The fraction of sp³-hybridized carbons (Fsp3) is 0.333. The summed E-state index contributed by atoms with van der Waals surface area (Å²) >= 11 is 0. The Balaban J connectivity index is 0.00000264.